The summed E-state index contributed by atoms with van der Waals surface area (Å²) in [6, 6.07) is 22.2. The molecule has 7 heteroatoms. The van der Waals surface area contributed by atoms with Crippen molar-refractivity contribution in [2.75, 3.05) is 13.9 Å². The first-order valence-electron chi connectivity index (χ1n) is 11.7. The summed E-state index contributed by atoms with van der Waals surface area (Å²) in [5.74, 6) is 1.81. The van der Waals surface area contributed by atoms with Crippen LogP contribution in [0.1, 0.15) is 30.0 Å². The van der Waals surface area contributed by atoms with E-state index >= 15 is 0 Å². The van der Waals surface area contributed by atoms with Crippen LogP contribution in [0, 0.1) is 0 Å². The third kappa shape index (κ3) is 6.12. The Hall–Kier alpha value is -4.00. The van der Waals surface area contributed by atoms with E-state index in [1.807, 2.05) is 79.7 Å². The molecule has 0 fully saturated rings. The van der Waals surface area contributed by atoms with Crippen LogP contribution in [0.3, 0.4) is 0 Å². The molecule has 3 aromatic carbocycles. The fraction of sp³-hybridized carbons (Fsp3) is 0.286. The van der Waals surface area contributed by atoms with Crippen molar-refractivity contribution in [3.05, 3.63) is 89.5 Å². The Morgan fingerprint density at radius 1 is 0.943 bits per heavy atom. The van der Waals surface area contributed by atoms with Gasteiger partial charge in [0, 0.05) is 25.9 Å². The van der Waals surface area contributed by atoms with Crippen LogP contribution < -0.4 is 19.5 Å². The van der Waals surface area contributed by atoms with Gasteiger partial charge in [0.05, 0.1) is 7.11 Å². The molecule has 0 aliphatic carbocycles. The lowest BCUT2D eigenvalue weighted by atomic mass is 10.0. The van der Waals surface area contributed by atoms with Crippen molar-refractivity contribution in [3.8, 4) is 17.2 Å². The fourth-order valence-corrected chi connectivity index (χ4v) is 4.04. The van der Waals surface area contributed by atoms with Gasteiger partial charge < -0.3 is 24.4 Å². The lowest BCUT2D eigenvalue weighted by molar-refractivity contribution is -0.141. The molecule has 182 valence electrons. The number of rotatable bonds is 10. The highest BCUT2D eigenvalue weighted by Crippen LogP contribution is 2.32. The Bertz CT molecular complexity index is 1150. The maximum Gasteiger partial charge on any atom is 0.243 e. The molecule has 2 amide bonds. The van der Waals surface area contributed by atoms with Crippen LogP contribution >= 0.6 is 0 Å². The van der Waals surface area contributed by atoms with Gasteiger partial charge in [-0.05, 0) is 41.0 Å². The fourth-order valence-electron chi connectivity index (χ4n) is 4.04. The van der Waals surface area contributed by atoms with E-state index < -0.39 is 6.04 Å². The maximum absolute atomic E-state index is 13.5. The van der Waals surface area contributed by atoms with E-state index in [-0.39, 0.29) is 18.6 Å². The number of benzene rings is 3. The summed E-state index contributed by atoms with van der Waals surface area (Å²) in [5.41, 5.74) is 2.80. The third-order valence-electron chi connectivity index (χ3n) is 5.99. The minimum Gasteiger partial charge on any atom is -0.497 e. The highest BCUT2D eigenvalue weighted by atomic mass is 16.7. The zero-order valence-electron chi connectivity index (χ0n) is 20.0. The van der Waals surface area contributed by atoms with Crippen LogP contribution in [0.4, 0.5) is 0 Å². The summed E-state index contributed by atoms with van der Waals surface area (Å²) in [6.45, 7) is 2.65. The molecule has 1 aliphatic rings. The first-order valence-corrected chi connectivity index (χ1v) is 11.7. The summed E-state index contributed by atoms with van der Waals surface area (Å²) in [6.07, 6.45) is 0.715. The average molecular weight is 475 g/mol. The van der Waals surface area contributed by atoms with E-state index in [2.05, 4.69) is 5.32 Å². The molecule has 0 saturated carbocycles. The third-order valence-corrected chi connectivity index (χ3v) is 5.99. The van der Waals surface area contributed by atoms with E-state index in [1.54, 1.807) is 12.0 Å². The van der Waals surface area contributed by atoms with Gasteiger partial charge in [0.25, 0.3) is 0 Å². The highest BCUT2D eigenvalue weighted by Gasteiger charge is 2.29. The predicted molar refractivity (Wildman–Crippen MR) is 132 cm³/mol. The first kappa shape index (κ1) is 24.1. The van der Waals surface area contributed by atoms with Crippen molar-refractivity contribution in [1.29, 1.82) is 0 Å². The molecule has 1 N–H and O–H groups in total. The van der Waals surface area contributed by atoms with Gasteiger partial charge >= 0.3 is 0 Å². The SMILES string of the molecule is CCC(=O)N(Cc1ccc(OC)cc1)[C@@H](Cc1ccccc1)C(=O)NCc1ccc2c(c1)OCO2. The molecule has 35 heavy (non-hydrogen) atoms. The Kier molecular flexibility index (Phi) is 7.88. The Labute approximate surface area is 205 Å². The Morgan fingerprint density at radius 3 is 2.37 bits per heavy atom. The molecule has 1 atom stereocenters. The van der Waals surface area contributed by atoms with Gasteiger partial charge in [-0.15, -0.1) is 0 Å². The largest absolute Gasteiger partial charge is 0.497 e. The van der Waals surface area contributed by atoms with Crippen LogP contribution in [0.15, 0.2) is 72.8 Å². The molecule has 0 aromatic heterocycles. The minimum absolute atomic E-state index is 0.0834. The van der Waals surface area contributed by atoms with Crippen LogP contribution in [-0.2, 0) is 29.1 Å². The van der Waals surface area contributed by atoms with Crippen molar-refractivity contribution in [3.63, 3.8) is 0 Å². The van der Waals surface area contributed by atoms with Gasteiger partial charge in [0.2, 0.25) is 18.6 Å². The number of methoxy groups -OCH3 is 1. The first-order chi connectivity index (χ1) is 17.1. The van der Waals surface area contributed by atoms with Crippen LogP contribution in [-0.4, -0.2) is 36.7 Å². The Morgan fingerprint density at radius 2 is 1.66 bits per heavy atom. The van der Waals surface area contributed by atoms with Gasteiger partial charge in [-0.3, -0.25) is 9.59 Å². The van der Waals surface area contributed by atoms with E-state index in [0.29, 0.717) is 37.4 Å². The molecular weight excluding hydrogens is 444 g/mol. The maximum atomic E-state index is 13.5. The normalized spacial score (nSPS) is 12.6. The molecule has 4 rings (SSSR count). The molecule has 3 aromatic rings. The van der Waals surface area contributed by atoms with Crippen molar-refractivity contribution in [1.82, 2.24) is 10.2 Å². The highest BCUT2D eigenvalue weighted by molar-refractivity contribution is 5.88. The van der Waals surface area contributed by atoms with Crippen LogP contribution in [0.5, 0.6) is 17.2 Å². The van der Waals surface area contributed by atoms with Crippen LogP contribution in [0.25, 0.3) is 0 Å². The number of fused-ring (bicyclic) bond motifs is 1. The van der Waals surface area contributed by atoms with Gasteiger partial charge in [-0.1, -0.05) is 55.5 Å². The average Bonchev–Trinajstić information content (AvgIpc) is 3.38. The topological polar surface area (TPSA) is 77.1 Å². The molecule has 1 heterocycles. The molecule has 0 spiro atoms. The molecule has 0 bridgehead atoms. The number of carbonyl (C=O) groups is 2. The lowest BCUT2D eigenvalue weighted by Gasteiger charge is -2.31. The summed E-state index contributed by atoms with van der Waals surface area (Å²) in [4.78, 5) is 28.3. The number of nitrogens with one attached hydrogen (secondary N) is 1. The number of hydrogen-bond acceptors (Lipinski definition) is 5. The summed E-state index contributed by atoms with van der Waals surface area (Å²) < 4.78 is 16.1. The van der Waals surface area contributed by atoms with E-state index in [4.69, 9.17) is 14.2 Å². The standard InChI is InChI=1S/C28H30N2O5/c1-3-27(31)30(18-21-9-12-23(33-2)13-10-21)24(15-20-7-5-4-6-8-20)28(32)29-17-22-11-14-25-26(16-22)35-19-34-25/h4-14,16,24H,3,15,17-19H2,1-2H3,(H,29,32)/t24-/m0/s1. The monoisotopic (exact) mass is 474 g/mol. The van der Waals surface area contributed by atoms with Gasteiger partial charge in [0.15, 0.2) is 11.5 Å². The zero-order chi connectivity index (χ0) is 24.6. The summed E-state index contributed by atoms with van der Waals surface area (Å²) >= 11 is 0. The molecule has 1 aliphatic heterocycles. The second kappa shape index (κ2) is 11.4. The number of carbonyl (C=O) groups excluding carboxylic acids is 2. The quantitative estimate of drug-likeness (QED) is 0.479. The smallest absolute Gasteiger partial charge is 0.243 e. The summed E-state index contributed by atoms with van der Waals surface area (Å²) in [7, 11) is 1.61. The number of ether oxygens (including phenoxy) is 3. The van der Waals surface area contributed by atoms with Crippen molar-refractivity contribution < 1.29 is 23.8 Å². The zero-order valence-corrected chi connectivity index (χ0v) is 20.0. The molecular formula is C28H30N2O5. The molecule has 7 nitrogen and oxygen atoms in total. The van der Waals surface area contributed by atoms with Crippen molar-refractivity contribution >= 4 is 11.8 Å². The van der Waals surface area contributed by atoms with E-state index in [0.717, 1.165) is 22.4 Å². The molecule has 0 radical (unpaired) electrons. The van der Waals surface area contributed by atoms with Crippen LogP contribution in [0.2, 0.25) is 0 Å². The molecule has 0 unspecified atom stereocenters. The Balaban J connectivity index is 1.55. The predicted octanol–water partition coefficient (Wildman–Crippen LogP) is 4.09. The molecule has 0 saturated heterocycles. The van der Waals surface area contributed by atoms with E-state index in [9.17, 15) is 9.59 Å². The second-order valence-corrected chi connectivity index (χ2v) is 8.33. The van der Waals surface area contributed by atoms with Gasteiger partial charge in [0.1, 0.15) is 11.8 Å². The second-order valence-electron chi connectivity index (χ2n) is 8.33. The van der Waals surface area contributed by atoms with Crippen molar-refractivity contribution in [2.45, 2.75) is 38.9 Å². The number of hydrogen-bond donors (Lipinski definition) is 1. The number of amides is 2. The van der Waals surface area contributed by atoms with Gasteiger partial charge in [-0.2, -0.15) is 0 Å². The minimum atomic E-state index is -0.666. The van der Waals surface area contributed by atoms with Crippen molar-refractivity contribution in [2.24, 2.45) is 0 Å². The number of nitrogens with zero attached hydrogens (tertiary/aromatic N) is 1. The van der Waals surface area contributed by atoms with Gasteiger partial charge in [-0.25, -0.2) is 0 Å². The lowest BCUT2D eigenvalue weighted by Crippen LogP contribution is -2.50. The van der Waals surface area contributed by atoms with E-state index in [1.165, 1.54) is 0 Å². The summed E-state index contributed by atoms with van der Waals surface area (Å²) in [5, 5.41) is 3.02.